The van der Waals surface area contributed by atoms with Crippen LogP contribution in [0.3, 0.4) is 0 Å². The van der Waals surface area contributed by atoms with E-state index >= 15 is 0 Å². The van der Waals surface area contributed by atoms with E-state index in [0.29, 0.717) is 18.4 Å². The zero-order valence-electron chi connectivity index (χ0n) is 14.1. The average Bonchev–Trinajstić information content (AvgIpc) is 3.00. The van der Waals surface area contributed by atoms with E-state index in [2.05, 4.69) is 20.4 Å². The summed E-state index contributed by atoms with van der Waals surface area (Å²) in [4.78, 5) is 2.19. The number of rotatable bonds is 4. The van der Waals surface area contributed by atoms with Crippen LogP contribution in [0.4, 0.5) is 5.95 Å². The fourth-order valence-corrected chi connectivity index (χ4v) is 5.69. The Kier molecular flexibility index (Phi) is 5.21. The van der Waals surface area contributed by atoms with Gasteiger partial charge in [0.2, 0.25) is 5.95 Å². The molecule has 2 aliphatic rings. The van der Waals surface area contributed by atoms with Gasteiger partial charge in [-0.25, -0.2) is 4.68 Å². The van der Waals surface area contributed by atoms with Gasteiger partial charge >= 0.3 is 0 Å². The molecule has 25 heavy (non-hydrogen) atoms. The van der Waals surface area contributed by atoms with Crippen molar-refractivity contribution < 1.29 is 9.47 Å². The van der Waals surface area contributed by atoms with E-state index in [0.717, 1.165) is 41.9 Å². The quantitative estimate of drug-likeness (QED) is 0.798. The summed E-state index contributed by atoms with van der Waals surface area (Å²) in [6.45, 7) is 2.92. The molecule has 1 saturated heterocycles. The standard InChI is InChI=1S/C16H21N5O2S2/c1-22-13-2-3-15-12(8-13)9-20(4-5-23-15)16-17-18-19-21(16)10-14-11-24-6-7-25-14/h2-3,8,14H,4-7,9-11H2,1H3. The highest BCUT2D eigenvalue weighted by Gasteiger charge is 2.23. The summed E-state index contributed by atoms with van der Waals surface area (Å²) in [6, 6.07) is 5.92. The Morgan fingerprint density at radius 1 is 1.36 bits per heavy atom. The van der Waals surface area contributed by atoms with Gasteiger partial charge in [-0.2, -0.15) is 23.5 Å². The number of benzene rings is 1. The Balaban J connectivity index is 1.54. The summed E-state index contributed by atoms with van der Waals surface area (Å²) in [7, 11) is 1.68. The summed E-state index contributed by atoms with van der Waals surface area (Å²) >= 11 is 4.03. The molecule has 0 bridgehead atoms. The van der Waals surface area contributed by atoms with Crippen LogP contribution in [0.2, 0.25) is 0 Å². The molecular weight excluding hydrogens is 358 g/mol. The van der Waals surface area contributed by atoms with Crippen molar-refractivity contribution in [3.8, 4) is 11.5 Å². The van der Waals surface area contributed by atoms with E-state index in [1.807, 2.05) is 46.4 Å². The lowest BCUT2D eigenvalue weighted by atomic mass is 10.2. The van der Waals surface area contributed by atoms with Gasteiger partial charge in [0.05, 0.1) is 20.2 Å². The third kappa shape index (κ3) is 3.82. The molecule has 1 fully saturated rings. The summed E-state index contributed by atoms with van der Waals surface area (Å²) < 4.78 is 13.2. The van der Waals surface area contributed by atoms with Gasteiger partial charge in [-0.1, -0.05) is 5.10 Å². The van der Waals surface area contributed by atoms with Gasteiger partial charge in [0.25, 0.3) is 0 Å². The number of ether oxygens (including phenoxy) is 2. The normalized spacial score (nSPS) is 20.5. The molecule has 0 aliphatic carbocycles. The smallest absolute Gasteiger partial charge is 0.245 e. The number of tetrazole rings is 1. The number of fused-ring (bicyclic) bond motifs is 1. The molecule has 7 nitrogen and oxygen atoms in total. The molecule has 0 spiro atoms. The van der Waals surface area contributed by atoms with E-state index in [1.165, 1.54) is 11.5 Å². The monoisotopic (exact) mass is 379 g/mol. The molecule has 9 heteroatoms. The fourth-order valence-electron chi connectivity index (χ4n) is 3.05. The first-order valence-corrected chi connectivity index (χ1v) is 10.5. The first kappa shape index (κ1) is 16.8. The van der Waals surface area contributed by atoms with E-state index in [1.54, 1.807) is 7.11 Å². The highest BCUT2D eigenvalue weighted by molar-refractivity contribution is 8.06. The van der Waals surface area contributed by atoms with Crippen molar-refractivity contribution in [3.63, 3.8) is 0 Å². The van der Waals surface area contributed by atoms with Crippen LogP contribution in [0.25, 0.3) is 0 Å². The maximum Gasteiger partial charge on any atom is 0.245 e. The third-order valence-electron chi connectivity index (χ3n) is 4.31. The highest BCUT2D eigenvalue weighted by Crippen LogP contribution is 2.30. The van der Waals surface area contributed by atoms with Gasteiger partial charge in [-0.15, -0.1) is 0 Å². The van der Waals surface area contributed by atoms with Crippen LogP contribution in [0.1, 0.15) is 5.56 Å². The van der Waals surface area contributed by atoms with Crippen molar-refractivity contribution >= 4 is 29.5 Å². The van der Waals surface area contributed by atoms with Gasteiger partial charge in [-0.3, -0.25) is 0 Å². The predicted octanol–water partition coefficient (Wildman–Crippen LogP) is 1.93. The lowest BCUT2D eigenvalue weighted by molar-refractivity contribution is 0.330. The van der Waals surface area contributed by atoms with Crippen molar-refractivity contribution in [2.24, 2.45) is 0 Å². The van der Waals surface area contributed by atoms with Crippen LogP contribution in [0.5, 0.6) is 11.5 Å². The lowest BCUT2D eigenvalue weighted by Gasteiger charge is -2.24. The number of hydrogen-bond acceptors (Lipinski definition) is 8. The number of methoxy groups -OCH3 is 1. The van der Waals surface area contributed by atoms with Crippen molar-refractivity contribution in [2.45, 2.75) is 18.3 Å². The van der Waals surface area contributed by atoms with E-state index in [9.17, 15) is 0 Å². The molecule has 134 valence electrons. The van der Waals surface area contributed by atoms with Crippen LogP contribution < -0.4 is 14.4 Å². The Hall–Kier alpha value is -1.61. The van der Waals surface area contributed by atoms with E-state index < -0.39 is 0 Å². The molecule has 1 aromatic heterocycles. The molecular formula is C16H21N5O2S2. The molecule has 1 unspecified atom stereocenters. The SMILES string of the molecule is COc1ccc2c(c1)CN(c1nnnn1CC1CSCCS1)CCO2. The number of thioether (sulfide) groups is 2. The second-order valence-electron chi connectivity index (χ2n) is 5.97. The molecule has 4 rings (SSSR count). The molecule has 2 aliphatic heterocycles. The van der Waals surface area contributed by atoms with Gasteiger partial charge in [0, 0.05) is 34.6 Å². The Morgan fingerprint density at radius 3 is 3.16 bits per heavy atom. The second kappa shape index (κ2) is 7.74. The molecule has 0 N–H and O–H groups in total. The predicted molar refractivity (Wildman–Crippen MR) is 101 cm³/mol. The molecule has 1 aromatic carbocycles. The maximum atomic E-state index is 5.88. The van der Waals surface area contributed by atoms with Gasteiger partial charge in [0.1, 0.15) is 18.1 Å². The highest BCUT2D eigenvalue weighted by atomic mass is 32.2. The number of anilines is 1. The fraction of sp³-hybridized carbons (Fsp3) is 0.562. The number of aromatic nitrogens is 4. The summed E-state index contributed by atoms with van der Waals surface area (Å²) in [5.41, 5.74) is 1.09. The Morgan fingerprint density at radius 2 is 2.32 bits per heavy atom. The van der Waals surface area contributed by atoms with Crippen molar-refractivity contribution in [2.75, 3.05) is 42.4 Å². The van der Waals surface area contributed by atoms with Crippen LogP contribution in [0, 0.1) is 0 Å². The first-order valence-electron chi connectivity index (χ1n) is 8.33. The first-order chi connectivity index (χ1) is 12.3. The zero-order chi connectivity index (χ0) is 17.1. The zero-order valence-corrected chi connectivity index (χ0v) is 15.8. The van der Waals surface area contributed by atoms with Crippen LogP contribution >= 0.6 is 23.5 Å². The second-order valence-corrected chi connectivity index (χ2v) is 8.53. The molecule has 0 saturated carbocycles. The van der Waals surface area contributed by atoms with Gasteiger partial charge in [-0.05, 0) is 28.6 Å². The molecule has 1 atom stereocenters. The maximum absolute atomic E-state index is 5.88. The van der Waals surface area contributed by atoms with Crippen LogP contribution in [-0.2, 0) is 13.1 Å². The van der Waals surface area contributed by atoms with Crippen LogP contribution in [-0.4, -0.2) is 63.0 Å². The van der Waals surface area contributed by atoms with Gasteiger partial charge < -0.3 is 14.4 Å². The largest absolute Gasteiger partial charge is 0.497 e. The molecule has 3 heterocycles. The topological polar surface area (TPSA) is 65.3 Å². The minimum Gasteiger partial charge on any atom is -0.497 e. The Labute approximate surface area is 155 Å². The van der Waals surface area contributed by atoms with Crippen molar-refractivity contribution in [3.05, 3.63) is 23.8 Å². The van der Waals surface area contributed by atoms with Gasteiger partial charge in [0.15, 0.2) is 0 Å². The minimum absolute atomic E-state index is 0.566. The number of nitrogens with zero attached hydrogens (tertiary/aromatic N) is 5. The molecule has 0 amide bonds. The summed E-state index contributed by atoms with van der Waals surface area (Å²) in [5, 5.41) is 13.0. The number of hydrogen-bond donors (Lipinski definition) is 0. The summed E-state index contributed by atoms with van der Waals surface area (Å²) in [6.07, 6.45) is 0. The van der Waals surface area contributed by atoms with Crippen LogP contribution in [0.15, 0.2) is 18.2 Å². The molecule has 0 radical (unpaired) electrons. The van der Waals surface area contributed by atoms with Crippen molar-refractivity contribution in [1.29, 1.82) is 0 Å². The average molecular weight is 380 g/mol. The minimum atomic E-state index is 0.566. The molecule has 2 aromatic rings. The third-order valence-corrected chi connectivity index (χ3v) is 7.13. The van der Waals surface area contributed by atoms with E-state index in [-0.39, 0.29) is 0 Å². The Bertz CT molecular complexity index is 720. The lowest BCUT2D eigenvalue weighted by Crippen LogP contribution is -2.30. The van der Waals surface area contributed by atoms with Crippen molar-refractivity contribution in [1.82, 2.24) is 20.2 Å². The summed E-state index contributed by atoms with van der Waals surface area (Å²) in [5.74, 6) is 6.16. The van der Waals surface area contributed by atoms with E-state index in [4.69, 9.17) is 9.47 Å².